The number of carbonyl (C=O) groups is 1. The van der Waals surface area contributed by atoms with Gasteiger partial charge in [0.25, 0.3) is 0 Å². The summed E-state index contributed by atoms with van der Waals surface area (Å²) in [6.45, 7) is 5.39. The molecule has 132 valence electrons. The third kappa shape index (κ3) is 3.94. The monoisotopic (exact) mass is 341 g/mol. The first kappa shape index (κ1) is 17.3. The van der Waals surface area contributed by atoms with Gasteiger partial charge in [0.15, 0.2) is 0 Å². The van der Waals surface area contributed by atoms with E-state index in [9.17, 15) is 9.90 Å². The highest BCUT2D eigenvalue weighted by atomic mass is 16.6. The van der Waals surface area contributed by atoms with Gasteiger partial charge in [-0.15, -0.1) is 0 Å². The smallest absolute Gasteiger partial charge is 0.417 e. The molecule has 25 heavy (non-hydrogen) atoms. The maximum absolute atomic E-state index is 12.6. The predicted octanol–water partition coefficient (Wildman–Crippen LogP) is 4.36. The van der Waals surface area contributed by atoms with Crippen LogP contribution in [0.4, 0.5) is 4.79 Å². The van der Waals surface area contributed by atoms with E-state index >= 15 is 0 Å². The van der Waals surface area contributed by atoms with Crippen molar-refractivity contribution < 1.29 is 19.1 Å². The molecular weight excluding hydrogens is 318 g/mol. The molecule has 0 aliphatic carbocycles. The second-order valence-electron chi connectivity index (χ2n) is 7.11. The summed E-state index contributed by atoms with van der Waals surface area (Å²) in [5, 5.41) is 10.7. The molecule has 0 fully saturated rings. The summed E-state index contributed by atoms with van der Waals surface area (Å²) < 4.78 is 10.9. The van der Waals surface area contributed by atoms with Gasteiger partial charge in [0.2, 0.25) is 0 Å². The Labute approximate surface area is 147 Å². The number of hydrogen-bond donors (Lipinski definition) is 1. The number of ether oxygens (including phenoxy) is 1. The van der Waals surface area contributed by atoms with Crippen molar-refractivity contribution in [2.75, 3.05) is 0 Å². The van der Waals surface area contributed by atoms with Gasteiger partial charge in [-0.05, 0) is 44.5 Å². The van der Waals surface area contributed by atoms with Gasteiger partial charge in [0, 0.05) is 12.3 Å². The van der Waals surface area contributed by atoms with Gasteiger partial charge in [0.05, 0.1) is 12.0 Å². The summed E-state index contributed by atoms with van der Waals surface area (Å²) >= 11 is 0. The first-order chi connectivity index (χ1) is 11.8. The van der Waals surface area contributed by atoms with E-state index in [1.807, 2.05) is 36.4 Å². The molecule has 1 aliphatic heterocycles. The van der Waals surface area contributed by atoms with E-state index in [2.05, 4.69) is 0 Å². The number of amides is 1. The Hall–Kier alpha value is -2.53. The van der Waals surface area contributed by atoms with E-state index in [0.29, 0.717) is 17.9 Å². The lowest BCUT2D eigenvalue weighted by Crippen LogP contribution is -2.44. The van der Waals surface area contributed by atoms with Gasteiger partial charge in [-0.3, -0.25) is 0 Å². The fraction of sp³-hybridized carbons (Fsp3) is 0.350. The van der Waals surface area contributed by atoms with Crippen LogP contribution >= 0.6 is 0 Å². The maximum atomic E-state index is 12.6. The summed E-state index contributed by atoms with van der Waals surface area (Å²) in [4.78, 5) is 13.9. The average Bonchev–Trinajstić information content (AvgIpc) is 3.07. The molecule has 1 amide bonds. The van der Waals surface area contributed by atoms with Gasteiger partial charge >= 0.3 is 6.09 Å². The van der Waals surface area contributed by atoms with Gasteiger partial charge in [0.1, 0.15) is 17.6 Å². The van der Waals surface area contributed by atoms with Crippen LogP contribution in [0.1, 0.15) is 44.4 Å². The average molecular weight is 341 g/mol. The standard InChI is InChI=1S/C20H23NO4/c1-20(2,3)25-19(23)21-16(17-10-7-11-24-17)12-15(13-18(21)22)14-8-5-4-6-9-14/h4-12,15,18,22H,13H2,1-3H3/t15-,18-/m0/s1. The van der Waals surface area contributed by atoms with Crippen molar-refractivity contribution in [1.82, 2.24) is 4.90 Å². The highest BCUT2D eigenvalue weighted by Crippen LogP contribution is 2.37. The van der Waals surface area contributed by atoms with Gasteiger partial charge in [-0.2, -0.15) is 0 Å². The number of allylic oxidation sites excluding steroid dienone is 1. The molecule has 0 unspecified atom stereocenters. The third-order valence-electron chi connectivity index (χ3n) is 3.97. The molecule has 0 saturated carbocycles. The van der Waals surface area contributed by atoms with Crippen molar-refractivity contribution in [3.05, 3.63) is 66.1 Å². The Bertz CT molecular complexity index is 744. The minimum absolute atomic E-state index is 0.0185. The molecule has 2 heterocycles. The topological polar surface area (TPSA) is 62.9 Å². The fourth-order valence-electron chi connectivity index (χ4n) is 2.92. The first-order valence-corrected chi connectivity index (χ1v) is 8.36. The van der Waals surface area contributed by atoms with E-state index in [4.69, 9.17) is 9.15 Å². The molecule has 1 aromatic heterocycles. The largest absolute Gasteiger partial charge is 0.463 e. The second kappa shape index (κ2) is 6.76. The summed E-state index contributed by atoms with van der Waals surface area (Å²) in [5.41, 5.74) is 0.947. The molecular formula is C20H23NO4. The van der Waals surface area contributed by atoms with E-state index in [1.165, 1.54) is 4.90 Å². The lowest BCUT2D eigenvalue weighted by Gasteiger charge is -2.36. The normalized spacial score (nSPS) is 21.0. The first-order valence-electron chi connectivity index (χ1n) is 8.36. The van der Waals surface area contributed by atoms with E-state index in [0.717, 1.165) is 5.56 Å². The molecule has 0 bridgehead atoms. The highest BCUT2D eigenvalue weighted by Gasteiger charge is 2.37. The summed E-state index contributed by atoms with van der Waals surface area (Å²) in [6, 6.07) is 13.4. The minimum Gasteiger partial charge on any atom is -0.463 e. The Morgan fingerprint density at radius 2 is 1.92 bits per heavy atom. The molecule has 2 aromatic rings. The molecule has 3 rings (SSSR count). The molecule has 0 spiro atoms. The molecule has 1 aliphatic rings. The van der Waals surface area contributed by atoms with E-state index < -0.39 is 17.9 Å². The number of hydrogen-bond acceptors (Lipinski definition) is 4. The van der Waals surface area contributed by atoms with Gasteiger partial charge in [-0.1, -0.05) is 30.3 Å². The number of nitrogens with zero attached hydrogens (tertiary/aromatic N) is 1. The molecule has 0 radical (unpaired) electrons. The molecule has 5 heteroatoms. The van der Waals surface area contributed by atoms with Crippen molar-refractivity contribution in [2.45, 2.75) is 44.9 Å². The number of carbonyl (C=O) groups excluding carboxylic acids is 1. The number of rotatable bonds is 2. The molecule has 5 nitrogen and oxygen atoms in total. The molecule has 2 atom stereocenters. The third-order valence-corrected chi connectivity index (χ3v) is 3.97. The van der Waals surface area contributed by atoms with Crippen molar-refractivity contribution >= 4 is 11.8 Å². The fourth-order valence-corrected chi connectivity index (χ4v) is 2.92. The van der Waals surface area contributed by atoms with Crippen molar-refractivity contribution in [3.63, 3.8) is 0 Å². The van der Waals surface area contributed by atoms with Crippen molar-refractivity contribution in [3.8, 4) is 0 Å². The van der Waals surface area contributed by atoms with Crippen LogP contribution in [0.5, 0.6) is 0 Å². The Balaban J connectivity index is 1.99. The lowest BCUT2D eigenvalue weighted by atomic mass is 9.90. The van der Waals surface area contributed by atoms with Crippen LogP contribution in [0.15, 0.2) is 59.2 Å². The summed E-state index contributed by atoms with van der Waals surface area (Å²) in [7, 11) is 0. The van der Waals surface area contributed by atoms with Crippen LogP contribution in [0.25, 0.3) is 5.70 Å². The number of aliphatic hydroxyl groups is 1. The van der Waals surface area contributed by atoms with Crippen molar-refractivity contribution in [2.24, 2.45) is 0 Å². The number of aliphatic hydroxyl groups excluding tert-OH is 1. The summed E-state index contributed by atoms with van der Waals surface area (Å²) in [5.74, 6) is 0.500. The number of furan rings is 1. The van der Waals surface area contributed by atoms with Crippen LogP contribution in [0.3, 0.4) is 0 Å². The van der Waals surface area contributed by atoms with Crippen LogP contribution in [0, 0.1) is 0 Å². The maximum Gasteiger partial charge on any atom is 0.417 e. The zero-order valence-corrected chi connectivity index (χ0v) is 14.7. The molecule has 1 aromatic carbocycles. The van der Waals surface area contributed by atoms with Crippen LogP contribution in [-0.4, -0.2) is 27.9 Å². The van der Waals surface area contributed by atoms with E-state index in [-0.39, 0.29) is 5.92 Å². The van der Waals surface area contributed by atoms with Crippen LogP contribution < -0.4 is 0 Å². The zero-order chi connectivity index (χ0) is 18.0. The molecule has 0 saturated heterocycles. The Kier molecular flexibility index (Phi) is 4.68. The SMILES string of the molecule is CC(C)(C)OC(=O)N1C(c2ccco2)=C[C@H](c2ccccc2)C[C@@H]1O. The lowest BCUT2D eigenvalue weighted by molar-refractivity contribution is -0.0141. The Morgan fingerprint density at radius 1 is 1.20 bits per heavy atom. The second-order valence-corrected chi connectivity index (χ2v) is 7.11. The molecule has 1 N–H and O–H groups in total. The van der Waals surface area contributed by atoms with Crippen molar-refractivity contribution in [1.29, 1.82) is 0 Å². The van der Waals surface area contributed by atoms with E-state index in [1.54, 1.807) is 39.2 Å². The van der Waals surface area contributed by atoms with Crippen LogP contribution in [0.2, 0.25) is 0 Å². The van der Waals surface area contributed by atoms with Crippen LogP contribution in [-0.2, 0) is 4.74 Å². The van der Waals surface area contributed by atoms with Gasteiger partial charge in [-0.25, -0.2) is 9.69 Å². The highest BCUT2D eigenvalue weighted by molar-refractivity contribution is 5.82. The summed E-state index contributed by atoms with van der Waals surface area (Å²) in [6.07, 6.45) is 2.31. The zero-order valence-electron chi connectivity index (χ0n) is 14.7. The Morgan fingerprint density at radius 3 is 2.52 bits per heavy atom. The minimum atomic E-state index is -0.995. The predicted molar refractivity (Wildman–Crippen MR) is 94.6 cm³/mol. The number of benzene rings is 1. The quantitative estimate of drug-likeness (QED) is 0.881. The van der Waals surface area contributed by atoms with Gasteiger partial charge < -0.3 is 14.3 Å².